The van der Waals surface area contributed by atoms with Crippen LogP contribution in [0.3, 0.4) is 0 Å². The molecule has 1 radical (unpaired) electrons. The van der Waals surface area contributed by atoms with Crippen molar-refractivity contribution >= 4 is 24.8 Å². The smallest absolute Gasteiger partial charge is 0.328 e. The van der Waals surface area contributed by atoms with Gasteiger partial charge in [-0.05, 0) is 13.3 Å². The van der Waals surface area contributed by atoms with Gasteiger partial charge in [0, 0.05) is 18.9 Å². The van der Waals surface area contributed by atoms with Crippen molar-refractivity contribution in [2.45, 2.75) is 25.8 Å². The Labute approximate surface area is 76.7 Å². The molecule has 61 valence electrons. The van der Waals surface area contributed by atoms with Crippen molar-refractivity contribution in [3.8, 4) is 0 Å². The number of hydrogen-bond donors (Lipinski definition) is 3. The van der Waals surface area contributed by atoms with Crippen molar-refractivity contribution in [1.82, 2.24) is 5.23 Å². The number of carboxylic acid groups (broad SMARTS) is 1. The Kier molecular flexibility index (Phi) is 5.84. The Morgan fingerprint density at radius 3 is 1.91 bits per heavy atom. The summed E-state index contributed by atoms with van der Waals surface area (Å²) in [7, 11) is 0. The summed E-state index contributed by atoms with van der Waals surface area (Å²) in [5, 5.41) is 25.1. The molecule has 5 nitrogen and oxygen atoms in total. The van der Waals surface area contributed by atoms with Gasteiger partial charge in [-0.3, -0.25) is 15.2 Å². The topological polar surface area (TPSA) is 81.0 Å². The third kappa shape index (κ3) is 2.81. The molecule has 0 spiro atoms. The molecule has 0 amide bonds. The maximum absolute atomic E-state index is 10.3. The van der Waals surface area contributed by atoms with Gasteiger partial charge in [-0.25, -0.2) is 0 Å². The van der Waals surface area contributed by atoms with Crippen molar-refractivity contribution < 1.29 is 20.3 Å². The van der Waals surface area contributed by atoms with Gasteiger partial charge < -0.3 is 5.11 Å². The number of rotatable bonds is 3. The van der Waals surface area contributed by atoms with Gasteiger partial charge in [0.05, 0.1) is 0 Å². The Bertz CT molecular complexity index is 140. The third-order valence-corrected chi connectivity index (χ3v) is 1.59. The quantitative estimate of drug-likeness (QED) is 0.394. The molecule has 0 heterocycles. The van der Waals surface area contributed by atoms with E-state index in [0.29, 0.717) is 0 Å². The van der Waals surface area contributed by atoms with Crippen molar-refractivity contribution in [3.63, 3.8) is 0 Å². The van der Waals surface area contributed by atoms with Gasteiger partial charge in [0.1, 0.15) is 0 Å². The minimum atomic E-state index is -1.60. The molecule has 0 aromatic rings. The molecule has 0 aromatic heterocycles. The fraction of sp³-hybridized carbons (Fsp3) is 0.800. The van der Waals surface area contributed by atoms with E-state index in [2.05, 4.69) is 0 Å². The summed E-state index contributed by atoms with van der Waals surface area (Å²) in [5.74, 6) is -1.26. The molecule has 11 heavy (non-hydrogen) atoms. The van der Waals surface area contributed by atoms with Gasteiger partial charge in [0.2, 0.25) is 0 Å². The molecule has 0 fully saturated rings. The summed E-state index contributed by atoms with van der Waals surface area (Å²) in [6.07, 6.45) is 0.120. The maximum Gasteiger partial charge on any atom is 0.328 e. The minimum Gasteiger partial charge on any atom is -0.480 e. The third-order valence-electron chi connectivity index (χ3n) is 1.59. The number of carboxylic acids is 1. The van der Waals surface area contributed by atoms with E-state index in [-0.39, 0.29) is 30.5 Å². The van der Waals surface area contributed by atoms with Gasteiger partial charge in [0.15, 0.2) is 5.54 Å². The maximum atomic E-state index is 10.3. The Morgan fingerprint density at radius 1 is 1.55 bits per heavy atom. The van der Waals surface area contributed by atoms with E-state index in [0.717, 1.165) is 0 Å². The van der Waals surface area contributed by atoms with Crippen LogP contribution in [-0.4, -0.2) is 51.1 Å². The Hall–Kier alpha value is -0.0526. The summed E-state index contributed by atoms with van der Waals surface area (Å²) in [5.41, 5.74) is -1.60. The zero-order valence-electron chi connectivity index (χ0n) is 6.90. The van der Waals surface area contributed by atoms with E-state index in [1.807, 2.05) is 0 Å². The van der Waals surface area contributed by atoms with Crippen LogP contribution in [0.15, 0.2) is 0 Å². The second-order valence-electron chi connectivity index (χ2n) is 2.22. The molecule has 0 saturated heterocycles. The largest absolute Gasteiger partial charge is 0.480 e. The number of carbonyl (C=O) groups is 1. The molecule has 1 atom stereocenters. The normalized spacial score (nSPS) is 15.4. The van der Waals surface area contributed by atoms with Crippen LogP contribution in [0, 0.1) is 0 Å². The van der Waals surface area contributed by atoms with Crippen LogP contribution in [0.4, 0.5) is 0 Å². The van der Waals surface area contributed by atoms with Gasteiger partial charge in [0.25, 0.3) is 0 Å². The predicted molar refractivity (Wildman–Crippen MR) is 37.5 cm³/mol. The number of aliphatic carboxylic acids is 1. The summed E-state index contributed by atoms with van der Waals surface area (Å²) >= 11 is 0. The first-order valence-corrected chi connectivity index (χ1v) is 2.86. The monoisotopic (exact) mass is 156 g/mol. The summed E-state index contributed by atoms with van der Waals surface area (Å²) in [4.78, 5) is 10.3. The van der Waals surface area contributed by atoms with E-state index >= 15 is 0 Å². The molecular weight excluding hydrogens is 145 g/mol. The minimum absolute atomic E-state index is 0. The van der Waals surface area contributed by atoms with Crippen molar-refractivity contribution in [2.75, 3.05) is 0 Å². The summed E-state index contributed by atoms with van der Waals surface area (Å²) in [6, 6.07) is 0. The van der Waals surface area contributed by atoms with Crippen LogP contribution in [0.1, 0.15) is 20.3 Å². The predicted octanol–water partition coefficient (Wildman–Crippen LogP) is -0.0607. The first kappa shape index (κ1) is 13.5. The van der Waals surface area contributed by atoms with Crippen LogP contribution < -0.4 is 0 Å². The van der Waals surface area contributed by atoms with E-state index in [1.54, 1.807) is 6.92 Å². The van der Waals surface area contributed by atoms with Crippen LogP contribution in [0.2, 0.25) is 0 Å². The average molecular weight is 156 g/mol. The molecule has 0 bridgehead atoms. The van der Waals surface area contributed by atoms with Crippen LogP contribution in [0.25, 0.3) is 0 Å². The van der Waals surface area contributed by atoms with Crippen LogP contribution in [0.5, 0.6) is 0 Å². The SMILES string of the molecule is CCC(C)(C(=O)O)N(O)O.[Li]. The fourth-order valence-electron chi connectivity index (χ4n) is 0.378. The first-order chi connectivity index (χ1) is 4.45. The molecule has 3 N–H and O–H groups in total. The zero-order chi connectivity index (χ0) is 8.36. The molecule has 0 rings (SSSR count). The van der Waals surface area contributed by atoms with Crippen LogP contribution in [-0.2, 0) is 4.79 Å². The summed E-state index contributed by atoms with van der Waals surface area (Å²) in [6.45, 7) is 2.77. The average Bonchev–Trinajstić information content (AvgIpc) is 1.85. The van der Waals surface area contributed by atoms with Crippen molar-refractivity contribution in [1.29, 1.82) is 0 Å². The number of hydroxylamine groups is 2. The van der Waals surface area contributed by atoms with Crippen molar-refractivity contribution in [2.24, 2.45) is 0 Å². The standard InChI is InChI=1S/C5H11NO4.Li/c1-3-5(2,4(7)8)6(9)10;/h9-10H,3H2,1-2H3,(H,7,8);. The van der Waals surface area contributed by atoms with Gasteiger partial charge >= 0.3 is 5.97 Å². The second-order valence-corrected chi connectivity index (χ2v) is 2.22. The van der Waals surface area contributed by atoms with Crippen molar-refractivity contribution in [3.05, 3.63) is 0 Å². The Morgan fingerprint density at radius 2 is 1.91 bits per heavy atom. The molecule has 0 aromatic carbocycles. The molecule has 6 heteroatoms. The van der Waals surface area contributed by atoms with E-state index < -0.39 is 11.5 Å². The van der Waals surface area contributed by atoms with E-state index in [1.165, 1.54) is 6.92 Å². The second kappa shape index (κ2) is 4.75. The molecule has 0 aliphatic rings. The molecule has 0 aliphatic carbocycles. The fourth-order valence-corrected chi connectivity index (χ4v) is 0.378. The molecular formula is C5H11LiNO4. The Balaban J connectivity index is 0. The molecule has 0 saturated carbocycles. The van der Waals surface area contributed by atoms with Gasteiger partial charge in [-0.15, -0.1) is 0 Å². The van der Waals surface area contributed by atoms with Crippen LogP contribution >= 0.6 is 0 Å². The zero-order valence-corrected chi connectivity index (χ0v) is 6.90. The van der Waals surface area contributed by atoms with E-state index in [4.69, 9.17) is 15.5 Å². The van der Waals surface area contributed by atoms with Gasteiger partial charge in [-0.2, -0.15) is 0 Å². The van der Waals surface area contributed by atoms with E-state index in [9.17, 15) is 4.79 Å². The number of hydrogen-bond acceptors (Lipinski definition) is 4. The summed E-state index contributed by atoms with van der Waals surface area (Å²) < 4.78 is 0. The molecule has 0 aliphatic heterocycles. The van der Waals surface area contributed by atoms with Gasteiger partial charge in [-0.1, -0.05) is 12.2 Å². The number of nitrogens with zero attached hydrogens (tertiary/aromatic N) is 1. The molecule has 1 unspecified atom stereocenters. The first-order valence-electron chi connectivity index (χ1n) is 2.86.